The molecule has 6 nitrogen and oxygen atoms in total. The van der Waals surface area contributed by atoms with Gasteiger partial charge in [0.15, 0.2) is 24.1 Å². The molecule has 0 atom stereocenters. The van der Waals surface area contributed by atoms with Crippen LogP contribution >= 0.6 is 0 Å². The molecule has 0 spiro atoms. The second kappa shape index (κ2) is 20.6. The fourth-order valence-electron chi connectivity index (χ4n) is 3.60. The molecule has 1 aromatic rings. The van der Waals surface area contributed by atoms with Crippen molar-refractivity contribution in [1.29, 1.82) is 0 Å². The third-order valence-electron chi connectivity index (χ3n) is 7.55. The average molecular weight is 1090 g/mol. The van der Waals surface area contributed by atoms with E-state index in [1.165, 1.54) is 0 Å². The number of carboxylic acid groups (broad SMARTS) is 1. The molecule has 0 bridgehead atoms. The van der Waals surface area contributed by atoms with Gasteiger partial charge in [0, 0.05) is 17.7 Å². The van der Waals surface area contributed by atoms with Gasteiger partial charge in [0.2, 0.25) is 0 Å². The number of benzene rings is 1. The first kappa shape index (κ1) is 65.8. The maximum absolute atomic E-state index is 13.7. The van der Waals surface area contributed by atoms with Crippen LogP contribution in [0.3, 0.4) is 0 Å². The Balaban J connectivity index is 0. The molecule has 0 fully saturated rings. The molecule has 0 saturated heterocycles. The lowest BCUT2D eigenvalue weighted by molar-refractivity contribution is -0.473. The summed E-state index contributed by atoms with van der Waals surface area (Å²) < 4.78 is 410. The molecule has 0 aliphatic carbocycles. The monoisotopic (exact) mass is 1090 g/mol. The van der Waals surface area contributed by atoms with Gasteiger partial charge in [-0.15, -0.1) is 0 Å². The van der Waals surface area contributed by atoms with E-state index in [0.717, 1.165) is 0 Å². The molecule has 0 amide bonds. The number of ether oxygens (including phenoxy) is 2. The third-order valence-corrected chi connectivity index (χ3v) is 7.55. The fourth-order valence-corrected chi connectivity index (χ4v) is 3.60. The van der Waals surface area contributed by atoms with Gasteiger partial charge in [-0.05, 0) is 26.0 Å². The van der Waals surface area contributed by atoms with Crippen LogP contribution in [0.1, 0.15) is 19.4 Å². The highest BCUT2D eigenvalue weighted by Gasteiger charge is 2.98. The molecule has 400 valence electrons. The summed E-state index contributed by atoms with van der Waals surface area (Å²) in [7, 11) is 0. The van der Waals surface area contributed by atoms with Crippen LogP contribution in [-0.4, -0.2) is 108 Å². The van der Waals surface area contributed by atoms with Gasteiger partial charge in [0.25, 0.3) is 0 Å². The van der Waals surface area contributed by atoms with Crippen molar-refractivity contribution in [3.05, 3.63) is 71.6 Å². The van der Waals surface area contributed by atoms with E-state index in [9.17, 15) is 150 Å². The van der Waals surface area contributed by atoms with Crippen LogP contribution in [0, 0.1) is 17.5 Å². The molecule has 0 heterocycles. The van der Waals surface area contributed by atoms with Gasteiger partial charge in [-0.3, -0.25) is 0 Å². The smallest absolute Gasteiger partial charge is 0.460 e. The molecular weight excluding hydrogens is 1070 g/mol. The van der Waals surface area contributed by atoms with E-state index < -0.39 is 149 Å². The summed E-state index contributed by atoms with van der Waals surface area (Å²) in [5.41, 5.74) is -5.81. The molecule has 0 aliphatic heterocycles. The Morgan fingerprint density at radius 2 is 0.971 bits per heavy atom. The first-order chi connectivity index (χ1) is 30.1. The summed E-state index contributed by atoms with van der Waals surface area (Å²) in [5.74, 6) is -100. The predicted octanol–water partition coefficient (Wildman–Crippen LogP) is 12.5. The Morgan fingerprint density at radius 1 is 0.609 bits per heavy atom. The molecule has 1 aromatic carbocycles. The van der Waals surface area contributed by atoms with Gasteiger partial charge in [0.05, 0.1) is 6.61 Å². The highest BCUT2D eigenvalue weighted by Crippen LogP contribution is 2.66. The van der Waals surface area contributed by atoms with Gasteiger partial charge in [-0.25, -0.2) is 31.9 Å². The average Bonchev–Trinajstić information content (AvgIpc) is 3.18. The number of esters is 2. The van der Waals surface area contributed by atoms with E-state index in [1.807, 2.05) is 0 Å². The van der Waals surface area contributed by atoms with E-state index in [2.05, 4.69) is 16.1 Å². The number of rotatable bonds is 18. The van der Waals surface area contributed by atoms with Crippen molar-refractivity contribution >= 4 is 17.9 Å². The van der Waals surface area contributed by atoms with Crippen LogP contribution in [0.4, 0.5) is 136 Å². The van der Waals surface area contributed by atoms with Crippen LogP contribution in [0.2, 0.25) is 0 Å². The highest BCUT2D eigenvalue weighted by molar-refractivity contribution is 5.90. The summed E-state index contributed by atoms with van der Waals surface area (Å²) in [5, 5.41) is 8.14. The molecule has 0 aliphatic rings. The van der Waals surface area contributed by atoms with Crippen LogP contribution in [-0.2, 0) is 30.0 Å². The first-order valence-corrected chi connectivity index (χ1v) is 16.0. The zero-order valence-electron chi connectivity index (χ0n) is 32.3. The van der Waals surface area contributed by atoms with E-state index in [1.54, 1.807) is 6.58 Å². The second-order valence-corrected chi connectivity index (χ2v) is 12.3. The molecule has 1 rings (SSSR count). The molecule has 0 aromatic heterocycles. The van der Waals surface area contributed by atoms with Crippen LogP contribution < -0.4 is 0 Å². The molecule has 0 unspecified atom stereocenters. The van der Waals surface area contributed by atoms with Crippen molar-refractivity contribution < 1.29 is 165 Å². The summed E-state index contributed by atoms with van der Waals surface area (Å²) >= 11 is 0. The van der Waals surface area contributed by atoms with Crippen molar-refractivity contribution in [1.82, 2.24) is 0 Å². The standard InChI is InChI=1S/C15H7F21O2.C10H5F5O2.C7H7F5O2/c1-3-38-5(37)4(2)6(16,17)7(18,19)8(20,21)9(22,23)10(24,25)11(26,27)12(28,29)13(30,31)14(32,33)15(34,35)36;1-2-7(16)17-10(14,15)5-3-4-6(11)9(13)8(5)12;1-4(5(13)14)2-6(9,10)7(11,12)3-8/h2-3H2,1H3;2-4H,1H2;2H,3H2,1H3,(H,13,14). The van der Waals surface area contributed by atoms with E-state index in [4.69, 9.17) is 5.11 Å². The topological polar surface area (TPSA) is 89.9 Å². The van der Waals surface area contributed by atoms with Crippen molar-refractivity contribution in [3.63, 3.8) is 0 Å². The number of halogens is 31. The van der Waals surface area contributed by atoms with Gasteiger partial charge in [0.1, 0.15) is 11.1 Å². The molecule has 1 N–H and O–H groups in total. The fraction of sp³-hybridized carbons (Fsp3) is 0.531. The minimum Gasteiger partial charge on any atom is -0.478 e. The number of hydrogen-bond donors (Lipinski definition) is 1. The first-order valence-electron chi connectivity index (χ1n) is 16.0. The number of aliphatic carboxylic acids is 1. The van der Waals surface area contributed by atoms with Gasteiger partial charge >= 0.3 is 95.3 Å². The largest absolute Gasteiger partial charge is 0.478 e. The Kier molecular flexibility index (Phi) is 19.6. The van der Waals surface area contributed by atoms with Gasteiger partial charge in [-0.1, -0.05) is 13.2 Å². The third kappa shape index (κ3) is 11.8. The van der Waals surface area contributed by atoms with Crippen molar-refractivity contribution in [2.45, 2.75) is 91.3 Å². The lowest BCUT2D eigenvalue weighted by Gasteiger charge is -2.44. The van der Waals surface area contributed by atoms with Crippen molar-refractivity contribution in [3.8, 4) is 0 Å². The maximum atomic E-state index is 13.7. The molecule has 0 radical (unpaired) electrons. The second-order valence-electron chi connectivity index (χ2n) is 12.3. The predicted molar refractivity (Wildman–Crippen MR) is 160 cm³/mol. The Hall–Kier alpha value is -5.32. The normalized spacial score (nSPS) is 14.4. The molecule has 69 heavy (non-hydrogen) atoms. The van der Waals surface area contributed by atoms with E-state index in [0.29, 0.717) is 26.0 Å². The van der Waals surface area contributed by atoms with Crippen molar-refractivity contribution in [2.75, 3.05) is 13.3 Å². The van der Waals surface area contributed by atoms with Crippen LogP contribution in [0.5, 0.6) is 0 Å². The highest BCUT2D eigenvalue weighted by atomic mass is 19.4. The Morgan fingerprint density at radius 3 is 1.29 bits per heavy atom. The summed E-state index contributed by atoms with van der Waals surface area (Å²) in [6, 6.07) is 0.577. The molecule has 37 heteroatoms. The number of allylic oxidation sites excluding steroid dienone is 1. The van der Waals surface area contributed by atoms with Gasteiger partial charge in [-0.2, -0.15) is 119 Å². The zero-order chi connectivity index (χ0) is 56.4. The summed E-state index contributed by atoms with van der Waals surface area (Å²) in [6.45, 7) is 2.38. The minimum absolute atomic E-state index is 0.282. The number of carboxylic acids is 1. The SMILES string of the molecule is C=C(C(=O)OCC)C(F)(F)C(F)(F)C(F)(F)C(F)(F)C(F)(F)C(F)(F)C(F)(F)C(F)(F)C(F)(F)C(F)(F)F.C=CC(=O)OC(F)(F)c1ccc(F)c(F)c1F.CC(=CC(F)(F)C(F)(F)CF)C(=O)O. The van der Waals surface area contributed by atoms with Crippen LogP contribution in [0.25, 0.3) is 0 Å². The Bertz CT molecular complexity index is 2070. The quantitative estimate of drug-likeness (QED) is 0.0682. The van der Waals surface area contributed by atoms with Crippen LogP contribution in [0.15, 0.2) is 48.6 Å². The van der Waals surface area contributed by atoms with E-state index in [-0.39, 0.29) is 6.07 Å². The number of alkyl halides is 28. The lowest BCUT2D eigenvalue weighted by atomic mass is 9.85. The van der Waals surface area contributed by atoms with Crippen molar-refractivity contribution in [2.24, 2.45) is 0 Å². The summed E-state index contributed by atoms with van der Waals surface area (Å²) in [6.07, 6.45) is -12.5. The lowest BCUT2D eigenvalue weighted by Crippen LogP contribution is -2.77. The number of carbonyl (C=O) groups excluding carboxylic acids is 2. The zero-order valence-corrected chi connectivity index (χ0v) is 32.3. The molecular formula is C32H19F31O6. The number of carbonyl (C=O) groups is 3. The maximum Gasteiger partial charge on any atom is 0.460 e. The number of hydrogen-bond acceptors (Lipinski definition) is 5. The van der Waals surface area contributed by atoms with E-state index >= 15 is 0 Å². The Labute approximate surface area is 360 Å². The summed E-state index contributed by atoms with van der Waals surface area (Å²) in [4.78, 5) is 31.6. The molecule has 0 saturated carbocycles. The van der Waals surface area contributed by atoms with Gasteiger partial charge < -0.3 is 14.6 Å². The minimum atomic E-state index is -9.26.